The van der Waals surface area contributed by atoms with Gasteiger partial charge in [-0.25, -0.2) is 0 Å². The Kier molecular flexibility index (Phi) is 7.38. The number of benzene rings is 2. The highest BCUT2D eigenvalue weighted by Crippen LogP contribution is 2.51. The molecule has 0 radical (unpaired) electrons. The topological polar surface area (TPSA) is 64.6 Å². The maximum Gasteiger partial charge on any atom is 0.203 e. The zero-order chi connectivity index (χ0) is 22.5. The maximum absolute atomic E-state index is 6.03. The largest absolute Gasteiger partial charge is 0.493 e. The van der Waals surface area contributed by atoms with Crippen LogP contribution in [0.3, 0.4) is 0 Å². The Morgan fingerprint density at radius 3 is 1.06 bits per heavy atom. The molecule has 1 saturated carbocycles. The smallest absolute Gasteiger partial charge is 0.203 e. The first-order valence-corrected chi connectivity index (χ1v) is 10.2. The molecule has 0 saturated heterocycles. The summed E-state index contributed by atoms with van der Waals surface area (Å²) in [5, 5.41) is 0. The fourth-order valence-corrected chi connectivity index (χ4v) is 4.64. The summed E-state index contributed by atoms with van der Waals surface area (Å²) in [5.74, 6) is 4.08. The van der Waals surface area contributed by atoms with E-state index in [4.69, 9.17) is 33.2 Å². The molecule has 2 aromatic rings. The number of hydrogen-bond acceptors (Lipinski definition) is 7. The van der Waals surface area contributed by atoms with Crippen LogP contribution in [0.5, 0.6) is 34.5 Å². The first-order valence-electron chi connectivity index (χ1n) is 10.2. The molecule has 0 aliphatic heterocycles. The second-order valence-corrected chi connectivity index (χ2v) is 7.41. The lowest BCUT2D eigenvalue weighted by Gasteiger charge is -2.26. The highest BCUT2D eigenvalue weighted by atomic mass is 16.5. The van der Waals surface area contributed by atoms with E-state index >= 15 is 0 Å². The van der Waals surface area contributed by atoms with Crippen LogP contribution in [0.25, 0.3) is 0 Å². The summed E-state index contributed by atoms with van der Waals surface area (Å²) in [5.41, 5.74) is 2.19. The molecule has 3 rings (SSSR count). The standard InChI is InChI=1S/C24H32O7/c1-25-18-10-14(11-19(26-2)23(18)30-6)16-8-9-17(22(16)29-5)15-12-20(27-3)24(31-7)21(13-15)28-4/h10-13,16-17,22H,8-9H2,1-7H3/t16-,17-/m1/s1. The van der Waals surface area contributed by atoms with Crippen molar-refractivity contribution in [2.24, 2.45) is 0 Å². The van der Waals surface area contributed by atoms with Crippen LogP contribution >= 0.6 is 0 Å². The summed E-state index contributed by atoms with van der Waals surface area (Å²) in [6, 6.07) is 8.04. The molecular weight excluding hydrogens is 400 g/mol. The van der Waals surface area contributed by atoms with Gasteiger partial charge < -0.3 is 33.2 Å². The lowest BCUT2D eigenvalue weighted by atomic mass is 9.89. The van der Waals surface area contributed by atoms with Crippen LogP contribution in [-0.2, 0) is 4.74 Å². The highest BCUT2D eigenvalue weighted by molar-refractivity contribution is 5.56. The van der Waals surface area contributed by atoms with E-state index in [0.29, 0.717) is 34.5 Å². The van der Waals surface area contributed by atoms with E-state index in [1.54, 1.807) is 49.8 Å². The van der Waals surface area contributed by atoms with Gasteiger partial charge in [-0.2, -0.15) is 0 Å². The van der Waals surface area contributed by atoms with E-state index in [0.717, 1.165) is 24.0 Å². The average molecular weight is 433 g/mol. The van der Waals surface area contributed by atoms with Gasteiger partial charge in [-0.15, -0.1) is 0 Å². The molecular formula is C24H32O7. The quantitative estimate of drug-likeness (QED) is 0.581. The Labute approximate surface area is 184 Å². The van der Waals surface area contributed by atoms with E-state index in [2.05, 4.69) is 0 Å². The Morgan fingerprint density at radius 2 is 0.839 bits per heavy atom. The Morgan fingerprint density at radius 1 is 0.516 bits per heavy atom. The molecule has 0 aromatic heterocycles. The summed E-state index contributed by atoms with van der Waals surface area (Å²) in [4.78, 5) is 0. The second kappa shape index (κ2) is 10.0. The molecule has 2 atom stereocenters. The normalized spacial score (nSPS) is 18.5. The lowest BCUT2D eigenvalue weighted by molar-refractivity contribution is 0.0804. The Hall–Kier alpha value is -2.80. The SMILES string of the molecule is COc1cc([C@H]2CC[C@H](c3cc(OC)c(OC)c(OC)c3)C2OC)cc(OC)c1OC. The summed E-state index contributed by atoms with van der Waals surface area (Å²) >= 11 is 0. The van der Waals surface area contributed by atoms with E-state index in [9.17, 15) is 0 Å². The van der Waals surface area contributed by atoms with Gasteiger partial charge in [0.2, 0.25) is 11.5 Å². The molecule has 0 N–H and O–H groups in total. The predicted octanol–water partition coefficient (Wildman–Crippen LogP) is 4.41. The number of hydrogen-bond donors (Lipinski definition) is 0. The first kappa shape index (κ1) is 22.9. The van der Waals surface area contributed by atoms with Gasteiger partial charge in [0.15, 0.2) is 23.0 Å². The van der Waals surface area contributed by atoms with Crippen LogP contribution in [0.15, 0.2) is 24.3 Å². The van der Waals surface area contributed by atoms with E-state index < -0.39 is 0 Å². The van der Waals surface area contributed by atoms with Crippen molar-refractivity contribution in [3.63, 3.8) is 0 Å². The van der Waals surface area contributed by atoms with Crippen molar-refractivity contribution in [3.8, 4) is 34.5 Å². The summed E-state index contributed by atoms with van der Waals surface area (Å²) in [7, 11) is 11.5. The fourth-order valence-electron chi connectivity index (χ4n) is 4.64. The van der Waals surface area contributed by atoms with Crippen LogP contribution in [0.4, 0.5) is 0 Å². The minimum absolute atomic E-state index is 0.0365. The molecule has 0 heterocycles. The monoisotopic (exact) mass is 432 g/mol. The number of methoxy groups -OCH3 is 7. The van der Waals surface area contributed by atoms with Crippen molar-refractivity contribution in [1.82, 2.24) is 0 Å². The summed E-state index contributed by atoms with van der Waals surface area (Å²) < 4.78 is 39.2. The van der Waals surface area contributed by atoms with Crippen LogP contribution < -0.4 is 28.4 Å². The van der Waals surface area contributed by atoms with Crippen LogP contribution in [0.2, 0.25) is 0 Å². The van der Waals surface area contributed by atoms with Crippen molar-refractivity contribution in [1.29, 1.82) is 0 Å². The van der Waals surface area contributed by atoms with E-state index in [1.807, 2.05) is 24.3 Å². The van der Waals surface area contributed by atoms with Crippen molar-refractivity contribution in [2.45, 2.75) is 30.8 Å². The number of ether oxygens (including phenoxy) is 7. The summed E-state index contributed by atoms with van der Waals surface area (Å²) in [6.07, 6.45) is 1.88. The molecule has 1 aliphatic rings. The van der Waals surface area contributed by atoms with E-state index in [1.165, 1.54) is 0 Å². The van der Waals surface area contributed by atoms with Crippen LogP contribution in [0.1, 0.15) is 35.8 Å². The minimum Gasteiger partial charge on any atom is -0.493 e. The third-order valence-electron chi connectivity index (χ3n) is 6.08. The zero-order valence-corrected chi connectivity index (χ0v) is 19.3. The fraction of sp³-hybridized carbons (Fsp3) is 0.500. The van der Waals surface area contributed by atoms with Gasteiger partial charge >= 0.3 is 0 Å². The number of rotatable bonds is 9. The summed E-state index contributed by atoms with van der Waals surface area (Å²) in [6.45, 7) is 0. The molecule has 2 aromatic carbocycles. The van der Waals surface area contributed by atoms with Crippen molar-refractivity contribution < 1.29 is 33.2 Å². The Bertz CT molecular complexity index is 774. The average Bonchev–Trinajstić information content (AvgIpc) is 3.25. The molecule has 1 aliphatic carbocycles. The lowest BCUT2D eigenvalue weighted by Crippen LogP contribution is -2.21. The van der Waals surface area contributed by atoms with Gasteiger partial charge in [-0.1, -0.05) is 0 Å². The van der Waals surface area contributed by atoms with Crippen LogP contribution in [0, 0.1) is 0 Å². The molecule has 0 unspecified atom stereocenters. The predicted molar refractivity (Wildman–Crippen MR) is 118 cm³/mol. The van der Waals surface area contributed by atoms with Crippen LogP contribution in [-0.4, -0.2) is 55.9 Å². The highest BCUT2D eigenvalue weighted by Gasteiger charge is 2.39. The molecule has 170 valence electrons. The third-order valence-corrected chi connectivity index (χ3v) is 6.08. The molecule has 31 heavy (non-hydrogen) atoms. The molecule has 1 fully saturated rings. The van der Waals surface area contributed by atoms with Gasteiger partial charge in [0, 0.05) is 18.9 Å². The van der Waals surface area contributed by atoms with Gasteiger partial charge in [0.05, 0.1) is 48.8 Å². The molecule has 0 bridgehead atoms. The van der Waals surface area contributed by atoms with Crippen molar-refractivity contribution in [3.05, 3.63) is 35.4 Å². The molecule has 7 nitrogen and oxygen atoms in total. The van der Waals surface area contributed by atoms with Gasteiger partial charge in [-0.05, 0) is 48.2 Å². The maximum atomic E-state index is 6.03. The molecule has 0 amide bonds. The first-order chi connectivity index (χ1) is 15.1. The van der Waals surface area contributed by atoms with Gasteiger partial charge in [0.1, 0.15) is 0 Å². The molecule has 7 heteroatoms. The van der Waals surface area contributed by atoms with Gasteiger partial charge in [0.25, 0.3) is 0 Å². The molecule has 0 spiro atoms. The van der Waals surface area contributed by atoms with Crippen molar-refractivity contribution in [2.75, 3.05) is 49.8 Å². The Balaban J connectivity index is 2.01. The zero-order valence-electron chi connectivity index (χ0n) is 19.3. The second-order valence-electron chi connectivity index (χ2n) is 7.41. The third kappa shape index (κ3) is 4.19. The van der Waals surface area contributed by atoms with E-state index in [-0.39, 0.29) is 17.9 Å². The minimum atomic E-state index is -0.0365. The van der Waals surface area contributed by atoms with Gasteiger partial charge in [-0.3, -0.25) is 0 Å². The van der Waals surface area contributed by atoms with Crippen molar-refractivity contribution >= 4 is 0 Å².